The van der Waals surface area contributed by atoms with Gasteiger partial charge in [0.1, 0.15) is 0 Å². The maximum Gasteiger partial charge on any atom is 0.322 e. The summed E-state index contributed by atoms with van der Waals surface area (Å²) in [6.45, 7) is 2.39. The summed E-state index contributed by atoms with van der Waals surface area (Å²) in [6.07, 6.45) is 3.59. The van der Waals surface area contributed by atoms with Crippen LogP contribution in [0.15, 0.2) is 28.3 Å². The summed E-state index contributed by atoms with van der Waals surface area (Å²) in [5.41, 5.74) is 8.57. The number of ether oxygens (including phenoxy) is 1. The van der Waals surface area contributed by atoms with Crippen molar-refractivity contribution in [3.8, 4) is 6.01 Å². The Kier molecular flexibility index (Phi) is 3.73. The molecule has 6 heteroatoms. The van der Waals surface area contributed by atoms with Gasteiger partial charge in [-0.3, -0.25) is 0 Å². The fourth-order valence-corrected chi connectivity index (χ4v) is 3.12. The molecule has 1 aliphatic carbocycles. The summed E-state index contributed by atoms with van der Waals surface area (Å²) < 4.78 is 5.28. The molecule has 1 aliphatic rings. The number of nitrogens with two attached hydrogens (primary N) is 1. The number of nitrogens with zero attached hydrogens (tertiary/aromatic N) is 3. The predicted molar refractivity (Wildman–Crippen MR) is 78.0 cm³/mol. The molecule has 0 saturated heterocycles. The highest BCUT2D eigenvalue weighted by molar-refractivity contribution is 7.99. The lowest BCUT2D eigenvalue weighted by Gasteiger charge is -2.06. The summed E-state index contributed by atoms with van der Waals surface area (Å²) in [6, 6.07) is 6.80. The monoisotopic (exact) mass is 288 g/mol. The second kappa shape index (κ2) is 5.66. The van der Waals surface area contributed by atoms with E-state index in [2.05, 4.69) is 33.2 Å². The van der Waals surface area contributed by atoms with Crippen LogP contribution in [-0.2, 0) is 12.8 Å². The van der Waals surface area contributed by atoms with Crippen molar-refractivity contribution < 1.29 is 4.74 Å². The molecule has 0 saturated carbocycles. The molecule has 0 bridgehead atoms. The highest BCUT2D eigenvalue weighted by atomic mass is 32.2. The van der Waals surface area contributed by atoms with Crippen LogP contribution < -0.4 is 10.5 Å². The molecule has 5 nitrogen and oxygen atoms in total. The Bertz CT molecular complexity index is 633. The van der Waals surface area contributed by atoms with Gasteiger partial charge in [-0.05, 0) is 61.2 Å². The van der Waals surface area contributed by atoms with Crippen molar-refractivity contribution in [3.63, 3.8) is 0 Å². The number of fused-ring (bicyclic) bond motifs is 1. The summed E-state index contributed by atoms with van der Waals surface area (Å²) in [7, 11) is 0. The fourth-order valence-electron chi connectivity index (χ4n) is 2.31. The number of rotatable bonds is 4. The van der Waals surface area contributed by atoms with Crippen molar-refractivity contribution in [1.29, 1.82) is 0 Å². The van der Waals surface area contributed by atoms with Gasteiger partial charge in [-0.1, -0.05) is 6.07 Å². The van der Waals surface area contributed by atoms with Crippen molar-refractivity contribution in [2.45, 2.75) is 36.2 Å². The van der Waals surface area contributed by atoms with Crippen molar-refractivity contribution in [3.05, 3.63) is 29.3 Å². The SMILES string of the molecule is CCOc1nc(N)nc(Sc2ccc3c(c2)CCC3)n1. The first-order chi connectivity index (χ1) is 9.74. The van der Waals surface area contributed by atoms with E-state index in [1.807, 2.05) is 6.92 Å². The van der Waals surface area contributed by atoms with E-state index < -0.39 is 0 Å². The van der Waals surface area contributed by atoms with Gasteiger partial charge in [-0.15, -0.1) is 0 Å². The third-order valence-electron chi connectivity index (χ3n) is 3.16. The zero-order valence-electron chi connectivity index (χ0n) is 11.3. The molecular formula is C14H16N4OS. The van der Waals surface area contributed by atoms with Crippen LogP contribution >= 0.6 is 11.8 Å². The number of hydrogen-bond acceptors (Lipinski definition) is 6. The Balaban J connectivity index is 1.83. The average Bonchev–Trinajstić information content (AvgIpc) is 2.85. The Morgan fingerprint density at radius 3 is 2.90 bits per heavy atom. The van der Waals surface area contributed by atoms with E-state index in [-0.39, 0.29) is 12.0 Å². The highest BCUT2D eigenvalue weighted by Gasteiger charge is 2.12. The molecule has 3 rings (SSSR count). The van der Waals surface area contributed by atoms with Crippen LogP contribution in [0, 0.1) is 0 Å². The van der Waals surface area contributed by atoms with Gasteiger partial charge in [0.25, 0.3) is 0 Å². The molecule has 0 spiro atoms. The molecule has 0 radical (unpaired) electrons. The number of aryl methyl sites for hydroxylation is 2. The van der Waals surface area contributed by atoms with Crippen molar-refractivity contribution in [2.24, 2.45) is 0 Å². The Hall–Kier alpha value is -1.82. The standard InChI is InChI=1S/C14H16N4OS/c1-2-19-13-16-12(15)17-14(18-13)20-11-7-6-9-4-3-5-10(9)8-11/h6-8H,2-5H2,1H3,(H2,15,16,17,18). The quantitative estimate of drug-likeness (QED) is 0.931. The molecule has 104 valence electrons. The first-order valence-electron chi connectivity index (χ1n) is 6.68. The average molecular weight is 288 g/mol. The normalized spacial score (nSPS) is 13.2. The summed E-state index contributed by atoms with van der Waals surface area (Å²) in [4.78, 5) is 13.5. The van der Waals surface area contributed by atoms with Gasteiger partial charge >= 0.3 is 6.01 Å². The van der Waals surface area contributed by atoms with Gasteiger partial charge < -0.3 is 10.5 Å². The van der Waals surface area contributed by atoms with Gasteiger partial charge in [0.2, 0.25) is 11.1 Å². The molecule has 20 heavy (non-hydrogen) atoms. The van der Waals surface area contributed by atoms with Gasteiger partial charge in [-0.25, -0.2) is 0 Å². The van der Waals surface area contributed by atoms with Crippen LogP contribution in [0.2, 0.25) is 0 Å². The first kappa shape index (κ1) is 13.2. The van der Waals surface area contributed by atoms with Crippen LogP contribution in [0.1, 0.15) is 24.5 Å². The zero-order chi connectivity index (χ0) is 13.9. The van der Waals surface area contributed by atoms with E-state index in [9.17, 15) is 0 Å². The van der Waals surface area contributed by atoms with E-state index in [1.165, 1.54) is 35.7 Å². The third kappa shape index (κ3) is 2.85. The smallest absolute Gasteiger partial charge is 0.322 e. The minimum absolute atomic E-state index is 0.187. The second-order valence-electron chi connectivity index (χ2n) is 4.58. The van der Waals surface area contributed by atoms with Gasteiger partial charge in [0.05, 0.1) is 6.61 Å². The molecule has 2 N–H and O–H groups in total. The third-order valence-corrected chi connectivity index (χ3v) is 4.02. The minimum atomic E-state index is 0.187. The Labute approximate surface area is 122 Å². The van der Waals surface area contributed by atoms with Gasteiger partial charge in [0.15, 0.2) is 0 Å². The number of hydrogen-bond donors (Lipinski definition) is 1. The lowest BCUT2D eigenvalue weighted by atomic mass is 10.1. The number of anilines is 1. The summed E-state index contributed by atoms with van der Waals surface area (Å²) >= 11 is 1.49. The van der Waals surface area contributed by atoms with Crippen molar-refractivity contribution >= 4 is 17.7 Å². The summed E-state index contributed by atoms with van der Waals surface area (Å²) in [5.74, 6) is 0.187. The van der Waals surface area contributed by atoms with Gasteiger partial charge in [-0.2, -0.15) is 15.0 Å². The lowest BCUT2D eigenvalue weighted by molar-refractivity contribution is 0.308. The molecule has 0 fully saturated rings. The van der Waals surface area contributed by atoms with E-state index in [0.29, 0.717) is 11.8 Å². The highest BCUT2D eigenvalue weighted by Crippen LogP contribution is 2.31. The van der Waals surface area contributed by atoms with Crippen molar-refractivity contribution in [2.75, 3.05) is 12.3 Å². The number of benzene rings is 1. The molecule has 1 aromatic carbocycles. The molecule has 1 aromatic heterocycles. The van der Waals surface area contributed by atoms with E-state index >= 15 is 0 Å². The summed E-state index contributed by atoms with van der Waals surface area (Å²) in [5, 5.41) is 0.568. The predicted octanol–water partition coefficient (Wildman–Crippen LogP) is 2.49. The van der Waals surface area contributed by atoms with Crippen LogP contribution in [-0.4, -0.2) is 21.6 Å². The number of aromatic nitrogens is 3. The topological polar surface area (TPSA) is 73.9 Å². The minimum Gasteiger partial charge on any atom is -0.464 e. The first-order valence-corrected chi connectivity index (χ1v) is 7.50. The van der Waals surface area contributed by atoms with Crippen LogP contribution in [0.5, 0.6) is 6.01 Å². The van der Waals surface area contributed by atoms with Crippen LogP contribution in [0.3, 0.4) is 0 Å². The fraction of sp³-hybridized carbons (Fsp3) is 0.357. The van der Waals surface area contributed by atoms with Crippen molar-refractivity contribution in [1.82, 2.24) is 15.0 Å². The number of nitrogen functional groups attached to an aromatic ring is 1. The molecule has 0 aliphatic heterocycles. The molecular weight excluding hydrogens is 272 g/mol. The molecule has 0 amide bonds. The Morgan fingerprint density at radius 2 is 2.05 bits per heavy atom. The second-order valence-corrected chi connectivity index (χ2v) is 5.62. The maximum absolute atomic E-state index is 5.68. The van der Waals surface area contributed by atoms with E-state index in [4.69, 9.17) is 10.5 Å². The van der Waals surface area contributed by atoms with E-state index in [0.717, 1.165) is 11.3 Å². The Morgan fingerprint density at radius 1 is 1.20 bits per heavy atom. The van der Waals surface area contributed by atoms with Gasteiger partial charge in [0, 0.05) is 4.90 Å². The van der Waals surface area contributed by atoms with Crippen LogP contribution in [0.4, 0.5) is 5.95 Å². The molecule has 2 aromatic rings. The lowest BCUT2D eigenvalue weighted by Crippen LogP contribution is -2.04. The van der Waals surface area contributed by atoms with E-state index in [1.54, 1.807) is 0 Å². The molecule has 0 unspecified atom stereocenters. The maximum atomic E-state index is 5.68. The molecule has 0 atom stereocenters. The van der Waals surface area contributed by atoms with Crippen LogP contribution in [0.25, 0.3) is 0 Å². The zero-order valence-corrected chi connectivity index (χ0v) is 12.1. The largest absolute Gasteiger partial charge is 0.464 e. The molecule has 1 heterocycles.